The van der Waals surface area contributed by atoms with Crippen molar-refractivity contribution in [1.29, 1.82) is 5.26 Å². The number of nitrogens with one attached hydrogen (secondary N) is 1. The Kier molecular flexibility index (Phi) is 7.94. The molecule has 3 aromatic rings. The van der Waals surface area contributed by atoms with E-state index in [0.717, 1.165) is 36.5 Å². The molecule has 0 aliphatic carbocycles. The SMILES string of the molecule is Cl.N#Cc1c(NC(=O)CSc2ccccc2)sc2c1CCN(Cc1ccccc1)C2. The molecule has 0 saturated carbocycles. The molecule has 4 nitrogen and oxygen atoms in total. The molecular weight excluding hydrogens is 434 g/mol. The van der Waals surface area contributed by atoms with Crippen molar-refractivity contribution in [3.8, 4) is 6.07 Å². The van der Waals surface area contributed by atoms with Gasteiger partial charge in [-0.3, -0.25) is 9.69 Å². The minimum atomic E-state index is -0.0740. The fraction of sp³-hybridized carbons (Fsp3) is 0.217. The number of nitriles is 1. The first kappa shape index (κ1) is 22.4. The van der Waals surface area contributed by atoms with Gasteiger partial charge in [0.05, 0.1) is 11.3 Å². The van der Waals surface area contributed by atoms with Gasteiger partial charge in [0.1, 0.15) is 11.1 Å². The number of benzene rings is 2. The van der Waals surface area contributed by atoms with Crippen LogP contribution in [0.2, 0.25) is 0 Å². The van der Waals surface area contributed by atoms with Gasteiger partial charge in [-0.25, -0.2) is 0 Å². The first-order valence-corrected chi connectivity index (χ1v) is 11.3. The van der Waals surface area contributed by atoms with E-state index in [1.54, 1.807) is 11.3 Å². The molecule has 1 aromatic heterocycles. The van der Waals surface area contributed by atoms with Crippen LogP contribution < -0.4 is 5.32 Å². The minimum Gasteiger partial charge on any atom is -0.316 e. The largest absolute Gasteiger partial charge is 0.316 e. The Labute approximate surface area is 191 Å². The van der Waals surface area contributed by atoms with Gasteiger partial charge in [-0.1, -0.05) is 48.5 Å². The lowest BCUT2D eigenvalue weighted by Gasteiger charge is -2.26. The molecule has 2 heterocycles. The molecule has 4 rings (SSSR count). The molecular formula is C23H22ClN3OS2. The van der Waals surface area contributed by atoms with Crippen molar-refractivity contribution in [3.05, 3.63) is 82.2 Å². The van der Waals surface area contributed by atoms with Crippen LogP contribution >= 0.6 is 35.5 Å². The van der Waals surface area contributed by atoms with E-state index < -0.39 is 0 Å². The second kappa shape index (κ2) is 10.6. The van der Waals surface area contributed by atoms with Gasteiger partial charge < -0.3 is 5.32 Å². The number of rotatable bonds is 6. The Bertz CT molecular complexity index is 1030. The lowest BCUT2D eigenvalue weighted by atomic mass is 10.0. The summed E-state index contributed by atoms with van der Waals surface area (Å²) in [7, 11) is 0. The smallest absolute Gasteiger partial charge is 0.235 e. The van der Waals surface area contributed by atoms with E-state index in [1.807, 2.05) is 36.4 Å². The van der Waals surface area contributed by atoms with Crippen LogP contribution in [0.4, 0.5) is 5.00 Å². The lowest BCUT2D eigenvalue weighted by molar-refractivity contribution is -0.113. The number of thiophene rings is 1. The molecule has 154 valence electrons. The number of thioether (sulfide) groups is 1. The molecule has 0 atom stereocenters. The van der Waals surface area contributed by atoms with Crippen LogP contribution in [-0.4, -0.2) is 23.1 Å². The number of anilines is 1. The Balaban J connectivity index is 0.00000256. The van der Waals surface area contributed by atoms with Crippen molar-refractivity contribution in [2.75, 3.05) is 17.6 Å². The van der Waals surface area contributed by atoms with E-state index in [2.05, 4.69) is 40.6 Å². The summed E-state index contributed by atoms with van der Waals surface area (Å²) < 4.78 is 0. The molecule has 0 saturated heterocycles. The first-order valence-electron chi connectivity index (χ1n) is 9.51. The molecule has 1 N–H and O–H groups in total. The highest BCUT2D eigenvalue weighted by atomic mass is 35.5. The van der Waals surface area contributed by atoms with Gasteiger partial charge in [0.2, 0.25) is 5.91 Å². The number of carbonyl (C=O) groups excluding carboxylic acids is 1. The zero-order chi connectivity index (χ0) is 20.1. The molecule has 0 radical (unpaired) electrons. The zero-order valence-corrected chi connectivity index (χ0v) is 18.8. The summed E-state index contributed by atoms with van der Waals surface area (Å²) >= 11 is 3.04. The highest BCUT2D eigenvalue weighted by Crippen LogP contribution is 2.37. The molecule has 0 fully saturated rings. The standard InChI is InChI=1S/C23H21N3OS2.ClH/c24-13-20-19-11-12-26(14-17-7-3-1-4-8-17)15-21(19)29-23(20)25-22(27)16-28-18-9-5-2-6-10-18;/h1-10H,11-12,14-16H2,(H,25,27);1H. The van der Waals surface area contributed by atoms with Gasteiger partial charge in [-0.2, -0.15) is 5.26 Å². The number of halogens is 1. The van der Waals surface area contributed by atoms with Crippen LogP contribution in [0, 0.1) is 11.3 Å². The van der Waals surface area contributed by atoms with Crippen molar-refractivity contribution >= 4 is 46.4 Å². The van der Waals surface area contributed by atoms with Crippen LogP contribution in [0.1, 0.15) is 21.6 Å². The van der Waals surface area contributed by atoms with Gasteiger partial charge in [0.15, 0.2) is 0 Å². The summed E-state index contributed by atoms with van der Waals surface area (Å²) in [4.78, 5) is 17.1. The number of hydrogen-bond acceptors (Lipinski definition) is 5. The maximum atomic E-state index is 12.4. The monoisotopic (exact) mass is 455 g/mol. The molecule has 1 aliphatic rings. The van der Waals surface area contributed by atoms with Gasteiger partial charge >= 0.3 is 0 Å². The van der Waals surface area contributed by atoms with Crippen LogP contribution in [0.5, 0.6) is 0 Å². The van der Waals surface area contributed by atoms with Crippen LogP contribution in [0.15, 0.2) is 65.6 Å². The number of fused-ring (bicyclic) bond motifs is 1. The van der Waals surface area contributed by atoms with Crippen LogP contribution in [0.3, 0.4) is 0 Å². The van der Waals surface area contributed by atoms with E-state index in [1.165, 1.54) is 22.2 Å². The van der Waals surface area contributed by atoms with E-state index in [0.29, 0.717) is 16.3 Å². The van der Waals surface area contributed by atoms with Crippen LogP contribution in [-0.2, 0) is 24.3 Å². The predicted molar refractivity (Wildman–Crippen MR) is 126 cm³/mol. The molecule has 7 heteroatoms. The zero-order valence-electron chi connectivity index (χ0n) is 16.3. The Hall–Kier alpha value is -2.30. The van der Waals surface area contributed by atoms with Gasteiger partial charge in [0.25, 0.3) is 0 Å². The second-order valence-corrected chi connectivity index (χ2v) is 9.07. The predicted octanol–water partition coefficient (Wildman–Crippen LogP) is 5.33. The molecule has 30 heavy (non-hydrogen) atoms. The van der Waals surface area contributed by atoms with Gasteiger partial charge in [-0.05, 0) is 29.7 Å². The molecule has 0 unspecified atom stereocenters. The summed E-state index contributed by atoms with van der Waals surface area (Å²) in [6.45, 7) is 2.64. The number of carbonyl (C=O) groups is 1. The number of nitrogens with zero attached hydrogens (tertiary/aromatic N) is 2. The summed E-state index contributed by atoms with van der Waals surface area (Å²) in [5.41, 5.74) is 3.04. The maximum Gasteiger partial charge on any atom is 0.235 e. The van der Waals surface area contributed by atoms with Gasteiger partial charge in [-0.15, -0.1) is 35.5 Å². The minimum absolute atomic E-state index is 0. The molecule has 0 spiro atoms. The molecule has 0 bridgehead atoms. The fourth-order valence-electron chi connectivity index (χ4n) is 3.47. The molecule has 1 amide bonds. The lowest BCUT2D eigenvalue weighted by Crippen LogP contribution is -2.29. The molecule has 1 aliphatic heterocycles. The van der Waals surface area contributed by atoms with Crippen molar-refractivity contribution in [2.45, 2.75) is 24.4 Å². The summed E-state index contributed by atoms with van der Waals surface area (Å²) in [5, 5.41) is 13.3. The molecule has 2 aromatic carbocycles. The van der Waals surface area contributed by atoms with Crippen molar-refractivity contribution in [3.63, 3.8) is 0 Å². The van der Waals surface area contributed by atoms with E-state index in [9.17, 15) is 10.1 Å². The van der Waals surface area contributed by atoms with E-state index >= 15 is 0 Å². The Morgan fingerprint density at radius 1 is 1.13 bits per heavy atom. The third-order valence-electron chi connectivity index (χ3n) is 4.86. The highest BCUT2D eigenvalue weighted by molar-refractivity contribution is 8.00. The normalized spacial score (nSPS) is 13.0. The van der Waals surface area contributed by atoms with Crippen molar-refractivity contribution in [1.82, 2.24) is 4.90 Å². The van der Waals surface area contributed by atoms with E-state index in [-0.39, 0.29) is 18.3 Å². The second-order valence-electron chi connectivity index (χ2n) is 6.92. The highest BCUT2D eigenvalue weighted by Gasteiger charge is 2.25. The summed E-state index contributed by atoms with van der Waals surface area (Å²) in [5.74, 6) is 0.257. The van der Waals surface area contributed by atoms with Crippen LogP contribution in [0.25, 0.3) is 0 Å². The fourth-order valence-corrected chi connectivity index (χ4v) is 5.44. The number of hydrogen-bond donors (Lipinski definition) is 1. The van der Waals surface area contributed by atoms with Gasteiger partial charge in [0, 0.05) is 29.4 Å². The third kappa shape index (κ3) is 5.44. The number of amides is 1. The quantitative estimate of drug-likeness (QED) is 0.510. The first-order chi connectivity index (χ1) is 14.2. The Morgan fingerprint density at radius 3 is 2.53 bits per heavy atom. The van der Waals surface area contributed by atoms with Crippen molar-refractivity contribution < 1.29 is 4.79 Å². The topological polar surface area (TPSA) is 56.1 Å². The average molecular weight is 456 g/mol. The maximum absolute atomic E-state index is 12.4. The Morgan fingerprint density at radius 2 is 1.83 bits per heavy atom. The average Bonchev–Trinajstić information content (AvgIpc) is 3.09. The van der Waals surface area contributed by atoms with Crippen molar-refractivity contribution in [2.24, 2.45) is 0 Å². The third-order valence-corrected chi connectivity index (χ3v) is 7.01. The summed E-state index contributed by atoms with van der Waals surface area (Å²) in [6.07, 6.45) is 0.843. The van der Waals surface area contributed by atoms with E-state index in [4.69, 9.17) is 0 Å². The summed E-state index contributed by atoms with van der Waals surface area (Å²) in [6, 6.07) is 22.6.